The van der Waals surface area contributed by atoms with E-state index in [1.54, 1.807) is 6.92 Å². The third-order valence-electron chi connectivity index (χ3n) is 2.18. The number of amides is 1. The summed E-state index contributed by atoms with van der Waals surface area (Å²) in [5, 5.41) is 2.75. The molecule has 0 aliphatic rings. The van der Waals surface area contributed by atoms with Crippen LogP contribution in [0.5, 0.6) is 0 Å². The Morgan fingerprint density at radius 3 is 2.82 bits per heavy atom. The summed E-state index contributed by atoms with van der Waals surface area (Å²) in [5.74, 6) is 0.205. The van der Waals surface area contributed by atoms with Gasteiger partial charge in [-0.25, -0.2) is 4.98 Å². The maximum Gasteiger partial charge on any atom is 0.268 e. The topological polar surface area (TPSA) is 64.0 Å². The highest BCUT2D eigenvalue weighted by molar-refractivity contribution is 9.10. The lowest BCUT2D eigenvalue weighted by atomic mass is 10.2. The number of nitrogens with one attached hydrogen (secondary N) is 1. The van der Waals surface area contributed by atoms with E-state index in [1.165, 1.54) is 10.9 Å². The summed E-state index contributed by atoms with van der Waals surface area (Å²) in [5.41, 5.74) is 0.381. The van der Waals surface area contributed by atoms with E-state index >= 15 is 0 Å². The molecule has 94 valence electrons. The van der Waals surface area contributed by atoms with Gasteiger partial charge >= 0.3 is 0 Å². The molecular formula is C11H16BrN3O2. The fourth-order valence-electron chi connectivity index (χ4n) is 1.19. The third kappa shape index (κ3) is 3.96. The van der Waals surface area contributed by atoms with Crippen LogP contribution >= 0.6 is 15.9 Å². The van der Waals surface area contributed by atoms with Gasteiger partial charge in [0.05, 0.1) is 12.0 Å². The lowest BCUT2D eigenvalue weighted by molar-refractivity contribution is -0.121. The van der Waals surface area contributed by atoms with Crippen molar-refractivity contribution < 1.29 is 4.79 Å². The second-order valence-electron chi connectivity index (χ2n) is 4.27. The number of carbonyl (C=O) groups is 1. The van der Waals surface area contributed by atoms with Crippen molar-refractivity contribution in [3.63, 3.8) is 0 Å². The molecule has 0 saturated heterocycles. The Balaban J connectivity index is 2.73. The number of nitrogens with zero attached hydrogens (tertiary/aromatic N) is 2. The van der Waals surface area contributed by atoms with E-state index < -0.39 is 0 Å². The van der Waals surface area contributed by atoms with Crippen LogP contribution in [0.25, 0.3) is 0 Å². The van der Waals surface area contributed by atoms with Gasteiger partial charge < -0.3 is 5.32 Å². The van der Waals surface area contributed by atoms with Crippen molar-refractivity contribution in [2.24, 2.45) is 5.92 Å². The van der Waals surface area contributed by atoms with Crippen molar-refractivity contribution in [1.82, 2.24) is 14.9 Å². The molecule has 1 heterocycles. The summed E-state index contributed by atoms with van der Waals surface area (Å²) < 4.78 is 1.68. The average Bonchev–Trinajstić information content (AvgIpc) is 2.27. The summed E-state index contributed by atoms with van der Waals surface area (Å²) >= 11 is 3.15. The Morgan fingerprint density at radius 2 is 2.24 bits per heavy atom. The van der Waals surface area contributed by atoms with Crippen LogP contribution in [0.1, 0.15) is 19.5 Å². The zero-order valence-corrected chi connectivity index (χ0v) is 11.7. The van der Waals surface area contributed by atoms with Crippen molar-refractivity contribution in [2.45, 2.75) is 27.3 Å². The Bertz CT molecular complexity index is 468. The standard InChI is InChI=1S/C11H16BrN3O2/c1-7(2)4-13-9(16)5-15-6-14-8(3)10(12)11(15)17/h6-7H,4-5H2,1-3H3,(H,13,16). The first-order valence-electron chi connectivity index (χ1n) is 5.40. The lowest BCUT2D eigenvalue weighted by Crippen LogP contribution is -2.34. The van der Waals surface area contributed by atoms with Gasteiger partial charge in [-0.3, -0.25) is 14.2 Å². The van der Waals surface area contributed by atoms with Gasteiger partial charge in [0.25, 0.3) is 5.56 Å². The first kappa shape index (κ1) is 13.9. The predicted molar refractivity (Wildman–Crippen MR) is 68.8 cm³/mol. The van der Waals surface area contributed by atoms with E-state index in [4.69, 9.17) is 0 Å². The molecule has 1 amide bonds. The Morgan fingerprint density at radius 1 is 1.59 bits per heavy atom. The van der Waals surface area contributed by atoms with Crippen molar-refractivity contribution in [2.75, 3.05) is 6.54 Å². The summed E-state index contributed by atoms with van der Waals surface area (Å²) in [6, 6.07) is 0. The van der Waals surface area contributed by atoms with Crippen molar-refractivity contribution in [3.05, 3.63) is 26.8 Å². The number of carbonyl (C=O) groups excluding carboxylic acids is 1. The number of halogens is 1. The van der Waals surface area contributed by atoms with Gasteiger partial charge in [0.1, 0.15) is 11.0 Å². The monoisotopic (exact) mass is 301 g/mol. The minimum Gasteiger partial charge on any atom is -0.354 e. The lowest BCUT2D eigenvalue weighted by Gasteiger charge is -2.09. The number of rotatable bonds is 4. The Labute approximate surface area is 108 Å². The molecule has 1 aromatic rings. The van der Waals surface area contributed by atoms with E-state index in [0.717, 1.165) is 0 Å². The predicted octanol–water partition coefficient (Wildman–Crippen LogP) is 1.09. The van der Waals surface area contributed by atoms with Crippen LogP contribution in [0.4, 0.5) is 0 Å². The molecule has 0 bridgehead atoms. The molecule has 6 heteroatoms. The second-order valence-corrected chi connectivity index (χ2v) is 5.07. The molecule has 0 spiro atoms. The van der Waals surface area contributed by atoms with Gasteiger partial charge in [0.15, 0.2) is 0 Å². The molecule has 0 aromatic carbocycles. The summed E-state index contributed by atoms with van der Waals surface area (Å²) in [4.78, 5) is 27.3. The Kier molecular flexibility index (Phi) is 4.86. The fraction of sp³-hybridized carbons (Fsp3) is 0.545. The fourth-order valence-corrected chi connectivity index (χ4v) is 1.52. The van der Waals surface area contributed by atoms with Crippen molar-refractivity contribution in [1.29, 1.82) is 0 Å². The van der Waals surface area contributed by atoms with Crippen LogP contribution in [0, 0.1) is 12.8 Å². The molecule has 1 aromatic heterocycles. The molecule has 1 rings (SSSR count). The van der Waals surface area contributed by atoms with E-state index in [0.29, 0.717) is 22.6 Å². The zero-order valence-electron chi connectivity index (χ0n) is 10.2. The molecule has 5 nitrogen and oxygen atoms in total. The highest BCUT2D eigenvalue weighted by atomic mass is 79.9. The molecule has 17 heavy (non-hydrogen) atoms. The van der Waals surface area contributed by atoms with Crippen LogP contribution < -0.4 is 10.9 Å². The molecule has 0 radical (unpaired) electrons. The number of hydrogen-bond acceptors (Lipinski definition) is 3. The van der Waals surface area contributed by atoms with E-state index in [1.807, 2.05) is 13.8 Å². The van der Waals surface area contributed by atoms with Gasteiger partial charge in [-0.2, -0.15) is 0 Å². The first-order valence-corrected chi connectivity index (χ1v) is 6.19. The van der Waals surface area contributed by atoms with Gasteiger partial charge in [0, 0.05) is 6.54 Å². The van der Waals surface area contributed by atoms with Crippen LogP contribution in [-0.2, 0) is 11.3 Å². The summed E-state index contributed by atoms with van der Waals surface area (Å²) in [6.07, 6.45) is 1.39. The highest BCUT2D eigenvalue weighted by Crippen LogP contribution is 2.05. The van der Waals surface area contributed by atoms with Gasteiger partial charge in [-0.05, 0) is 28.8 Å². The maximum absolute atomic E-state index is 11.8. The van der Waals surface area contributed by atoms with Crippen LogP contribution in [0.3, 0.4) is 0 Å². The molecule has 1 N–H and O–H groups in total. The van der Waals surface area contributed by atoms with E-state index in [-0.39, 0.29) is 18.0 Å². The van der Waals surface area contributed by atoms with Crippen molar-refractivity contribution >= 4 is 21.8 Å². The smallest absolute Gasteiger partial charge is 0.268 e. The summed E-state index contributed by atoms with van der Waals surface area (Å²) in [6.45, 7) is 6.35. The molecule has 0 atom stereocenters. The second kappa shape index (κ2) is 5.95. The van der Waals surface area contributed by atoms with Crippen LogP contribution in [-0.4, -0.2) is 22.0 Å². The molecule has 0 saturated carbocycles. The third-order valence-corrected chi connectivity index (χ3v) is 3.09. The number of aromatic nitrogens is 2. The van der Waals surface area contributed by atoms with Gasteiger partial charge in [-0.15, -0.1) is 0 Å². The van der Waals surface area contributed by atoms with Crippen LogP contribution in [0.2, 0.25) is 0 Å². The van der Waals surface area contributed by atoms with Crippen molar-refractivity contribution in [3.8, 4) is 0 Å². The Hall–Kier alpha value is -1.17. The quantitative estimate of drug-likeness (QED) is 0.905. The molecule has 0 aliphatic carbocycles. The van der Waals surface area contributed by atoms with E-state index in [2.05, 4.69) is 26.2 Å². The minimum atomic E-state index is -0.239. The maximum atomic E-state index is 11.8. The number of aryl methyl sites for hydroxylation is 1. The van der Waals surface area contributed by atoms with Crippen LogP contribution in [0.15, 0.2) is 15.6 Å². The van der Waals surface area contributed by atoms with Gasteiger partial charge in [-0.1, -0.05) is 13.8 Å². The minimum absolute atomic E-state index is 0.00255. The first-order chi connectivity index (χ1) is 7.91. The normalized spacial score (nSPS) is 10.6. The molecular weight excluding hydrogens is 286 g/mol. The largest absolute Gasteiger partial charge is 0.354 e. The SMILES string of the molecule is Cc1ncn(CC(=O)NCC(C)C)c(=O)c1Br. The van der Waals surface area contributed by atoms with E-state index in [9.17, 15) is 9.59 Å². The molecule has 0 aliphatic heterocycles. The highest BCUT2D eigenvalue weighted by Gasteiger charge is 2.09. The zero-order chi connectivity index (χ0) is 13.0. The molecule has 0 fully saturated rings. The summed E-state index contributed by atoms with van der Waals surface area (Å²) in [7, 11) is 0. The van der Waals surface area contributed by atoms with Gasteiger partial charge in [0.2, 0.25) is 5.91 Å². The number of hydrogen-bond donors (Lipinski definition) is 1. The average molecular weight is 302 g/mol. The molecule has 0 unspecified atom stereocenters.